The minimum absolute atomic E-state index is 1.16. The Bertz CT molecular complexity index is 392. The second-order valence-electron chi connectivity index (χ2n) is 11.3. The van der Waals surface area contributed by atoms with Gasteiger partial charge in [0.2, 0.25) is 0 Å². The summed E-state index contributed by atoms with van der Waals surface area (Å²) in [4.78, 5) is 4.96. The molecular weight excluding hydrogens is 436 g/mol. The standard InChI is InChI=1S/C34H68N2/c1-5-9-13-17-21-25-29-35(30-26-22-18-14-10-6-2)33-34-36(31-27-23-19-15-11-7-3)32-28-24-20-16-12-8-4/h5-32H2,1-4H3. The van der Waals surface area contributed by atoms with Gasteiger partial charge in [0.25, 0.3) is 0 Å². The van der Waals surface area contributed by atoms with Crippen molar-refractivity contribution in [3.63, 3.8) is 0 Å². The fourth-order valence-electron chi connectivity index (χ4n) is 4.92. The summed E-state index contributed by atoms with van der Waals surface area (Å²) < 4.78 is 0. The lowest BCUT2D eigenvalue weighted by molar-refractivity contribution is 0.348. The van der Waals surface area contributed by atoms with Gasteiger partial charge in [-0.05, 0) is 25.7 Å². The van der Waals surface area contributed by atoms with Crippen LogP contribution in [0.5, 0.6) is 0 Å². The van der Waals surface area contributed by atoms with Gasteiger partial charge in [-0.25, -0.2) is 0 Å². The van der Waals surface area contributed by atoms with Crippen molar-refractivity contribution in [3.8, 4) is 12.1 Å². The van der Waals surface area contributed by atoms with Gasteiger partial charge in [-0.2, -0.15) is 0 Å². The Hall–Kier alpha value is -0.840. The maximum Gasteiger partial charge on any atom is 0.0307 e. The molecule has 0 aromatic heterocycles. The molecule has 214 valence electrons. The van der Waals surface area contributed by atoms with E-state index in [2.05, 4.69) is 49.6 Å². The Balaban J connectivity index is 4.72. The van der Waals surface area contributed by atoms with E-state index in [1.807, 2.05) is 0 Å². The maximum atomic E-state index is 3.66. The molecule has 0 heterocycles. The molecule has 0 saturated heterocycles. The van der Waals surface area contributed by atoms with Gasteiger partial charge >= 0.3 is 0 Å². The fraction of sp³-hybridized carbons (Fsp3) is 0.941. The Morgan fingerprint density at radius 2 is 0.472 bits per heavy atom. The molecule has 0 saturated carbocycles. The van der Waals surface area contributed by atoms with Crippen LogP contribution in [0.2, 0.25) is 0 Å². The predicted octanol–water partition coefficient (Wildman–Crippen LogP) is 11.0. The molecular formula is C34H68N2. The van der Waals surface area contributed by atoms with Crippen molar-refractivity contribution < 1.29 is 0 Å². The molecule has 0 unspecified atom stereocenters. The SMILES string of the molecule is CCCCCCCCN(C#CN(CCCCCCCC)CCCCCCCC)CCCCCCCC. The Labute approximate surface area is 229 Å². The largest absolute Gasteiger partial charge is 0.331 e. The van der Waals surface area contributed by atoms with Crippen LogP contribution in [0.4, 0.5) is 0 Å². The van der Waals surface area contributed by atoms with Crippen LogP contribution in [0.3, 0.4) is 0 Å². The molecule has 0 fully saturated rings. The molecule has 0 N–H and O–H groups in total. The van der Waals surface area contributed by atoms with E-state index in [1.165, 1.54) is 154 Å². The quantitative estimate of drug-likeness (QED) is 0.0593. The summed E-state index contributed by atoms with van der Waals surface area (Å²) in [5.74, 6) is 0. The van der Waals surface area contributed by atoms with Crippen LogP contribution in [0.25, 0.3) is 0 Å². The molecule has 2 nitrogen and oxygen atoms in total. The monoisotopic (exact) mass is 505 g/mol. The molecule has 0 aliphatic heterocycles. The zero-order valence-electron chi connectivity index (χ0n) is 25.7. The highest BCUT2D eigenvalue weighted by Gasteiger charge is 2.04. The molecule has 0 radical (unpaired) electrons. The van der Waals surface area contributed by atoms with E-state index < -0.39 is 0 Å². The Kier molecular flexibility index (Phi) is 29.7. The van der Waals surface area contributed by atoms with Crippen molar-refractivity contribution in [2.24, 2.45) is 0 Å². The van der Waals surface area contributed by atoms with Gasteiger partial charge in [-0.3, -0.25) is 0 Å². The summed E-state index contributed by atoms with van der Waals surface area (Å²) in [6, 6.07) is 7.31. The highest BCUT2D eigenvalue weighted by molar-refractivity contribution is 4.98. The highest BCUT2D eigenvalue weighted by Crippen LogP contribution is 2.11. The molecule has 0 amide bonds. The lowest BCUT2D eigenvalue weighted by atomic mass is 10.1. The van der Waals surface area contributed by atoms with E-state index in [4.69, 9.17) is 0 Å². The van der Waals surface area contributed by atoms with E-state index in [1.54, 1.807) is 0 Å². The van der Waals surface area contributed by atoms with Crippen LogP contribution in [-0.4, -0.2) is 36.0 Å². The third-order valence-corrected chi connectivity index (χ3v) is 7.49. The number of hydrogen-bond acceptors (Lipinski definition) is 2. The highest BCUT2D eigenvalue weighted by atomic mass is 15.1. The van der Waals surface area contributed by atoms with Crippen molar-refractivity contribution in [1.29, 1.82) is 0 Å². The summed E-state index contributed by atoms with van der Waals surface area (Å²) >= 11 is 0. The number of nitrogens with zero attached hydrogens (tertiary/aromatic N) is 2. The van der Waals surface area contributed by atoms with Crippen LogP contribution >= 0.6 is 0 Å². The predicted molar refractivity (Wildman–Crippen MR) is 164 cm³/mol. The number of hydrogen-bond donors (Lipinski definition) is 0. The fourth-order valence-corrected chi connectivity index (χ4v) is 4.92. The van der Waals surface area contributed by atoms with E-state index in [0.29, 0.717) is 0 Å². The number of unbranched alkanes of at least 4 members (excludes halogenated alkanes) is 20. The molecule has 0 rings (SSSR count). The van der Waals surface area contributed by atoms with E-state index in [9.17, 15) is 0 Å². The van der Waals surface area contributed by atoms with Gasteiger partial charge in [0.15, 0.2) is 0 Å². The van der Waals surface area contributed by atoms with Crippen LogP contribution in [0, 0.1) is 12.1 Å². The average molecular weight is 505 g/mol. The van der Waals surface area contributed by atoms with Gasteiger partial charge in [0.05, 0.1) is 0 Å². The topological polar surface area (TPSA) is 6.48 Å². The van der Waals surface area contributed by atoms with Gasteiger partial charge in [0, 0.05) is 38.3 Å². The first-order chi connectivity index (χ1) is 17.8. The summed E-state index contributed by atoms with van der Waals surface area (Å²) in [6.45, 7) is 13.9. The van der Waals surface area contributed by atoms with Crippen molar-refractivity contribution >= 4 is 0 Å². The maximum absolute atomic E-state index is 3.66. The second kappa shape index (κ2) is 30.4. The lowest BCUT2D eigenvalue weighted by Gasteiger charge is -2.21. The van der Waals surface area contributed by atoms with Gasteiger partial charge in [-0.1, -0.05) is 156 Å². The molecule has 2 heteroatoms. The zero-order valence-corrected chi connectivity index (χ0v) is 25.7. The van der Waals surface area contributed by atoms with Crippen LogP contribution in [0.15, 0.2) is 0 Å². The van der Waals surface area contributed by atoms with Crippen molar-refractivity contribution in [2.75, 3.05) is 26.2 Å². The van der Waals surface area contributed by atoms with Crippen LogP contribution < -0.4 is 0 Å². The van der Waals surface area contributed by atoms with Crippen LogP contribution in [-0.2, 0) is 0 Å². The summed E-state index contributed by atoms with van der Waals surface area (Å²) in [5.41, 5.74) is 0. The molecule has 36 heavy (non-hydrogen) atoms. The van der Waals surface area contributed by atoms with E-state index in [0.717, 1.165) is 26.2 Å². The summed E-state index contributed by atoms with van der Waals surface area (Å²) in [7, 11) is 0. The molecule has 0 aromatic rings. The first kappa shape index (κ1) is 35.2. The molecule has 0 aliphatic rings. The Morgan fingerprint density at radius 3 is 0.694 bits per heavy atom. The summed E-state index contributed by atoms with van der Waals surface area (Å²) in [6.07, 6.45) is 32.9. The average Bonchev–Trinajstić information content (AvgIpc) is 2.89. The minimum atomic E-state index is 1.16. The summed E-state index contributed by atoms with van der Waals surface area (Å²) in [5, 5.41) is 0. The molecule has 0 atom stereocenters. The Morgan fingerprint density at radius 1 is 0.278 bits per heavy atom. The number of rotatable bonds is 28. The van der Waals surface area contributed by atoms with Crippen molar-refractivity contribution in [1.82, 2.24) is 9.80 Å². The molecule has 0 aromatic carbocycles. The molecule has 0 bridgehead atoms. The van der Waals surface area contributed by atoms with Crippen molar-refractivity contribution in [2.45, 2.75) is 182 Å². The second-order valence-corrected chi connectivity index (χ2v) is 11.3. The minimum Gasteiger partial charge on any atom is -0.331 e. The normalized spacial score (nSPS) is 10.9. The van der Waals surface area contributed by atoms with Gasteiger partial charge in [0.1, 0.15) is 0 Å². The van der Waals surface area contributed by atoms with Gasteiger partial charge in [-0.15, -0.1) is 0 Å². The third kappa shape index (κ3) is 26.2. The molecule has 0 aliphatic carbocycles. The molecule has 0 spiro atoms. The van der Waals surface area contributed by atoms with Crippen molar-refractivity contribution in [3.05, 3.63) is 0 Å². The van der Waals surface area contributed by atoms with Crippen LogP contribution in [0.1, 0.15) is 182 Å². The third-order valence-electron chi connectivity index (χ3n) is 7.49. The first-order valence-electron chi connectivity index (χ1n) is 16.8. The lowest BCUT2D eigenvalue weighted by Crippen LogP contribution is -2.25. The van der Waals surface area contributed by atoms with E-state index in [-0.39, 0.29) is 0 Å². The van der Waals surface area contributed by atoms with Gasteiger partial charge < -0.3 is 9.80 Å². The first-order valence-corrected chi connectivity index (χ1v) is 16.8. The van der Waals surface area contributed by atoms with E-state index >= 15 is 0 Å². The smallest absolute Gasteiger partial charge is 0.0307 e. The zero-order chi connectivity index (χ0) is 26.4.